The van der Waals surface area contributed by atoms with Gasteiger partial charge in [-0.2, -0.15) is 0 Å². The maximum absolute atomic E-state index is 13.2. The van der Waals surface area contributed by atoms with Crippen molar-refractivity contribution in [3.05, 3.63) is 74.6 Å². The van der Waals surface area contributed by atoms with Gasteiger partial charge in [-0.15, -0.1) is 0 Å². The summed E-state index contributed by atoms with van der Waals surface area (Å²) in [5.74, 6) is 0.712. The SMILES string of the molecule is CCCN=C(C)c1c(-c2ccc(OC)cc2)[nH]n(-c2ccc([N+](=O)[O-])cc2)c1=O. The predicted octanol–water partition coefficient (Wildman–Crippen LogP) is 3.97. The Morgan fingerprint density at radius 1 is 1.17 bits per heavy atom. The molecule has 0 saturated carbocycles. The van der Waals surface area contributed by atoms with Gasteiger partial charge in [0.25, 0.3) is 11.2 Å². The van der Waals surface area contributed by atoms with Gasteiger partial charge in [-0.1, -0.05) is 6.92 Å². The summed E-state index contributed by atoms with van der Waals surface area (Å²) in [6.07, 6.45) is 0.871. The second kappa shape index (κ2) is 8.55. The van der Waals surface area contributed by atoms with Crippen LogP contribution in [-0.2, 0) is 0 Å². The molecule has 8 nitrogen and oxygen atoms in total. The quantitative estimate of drug-likeness (QED) is 0.372. The number of aliphatic imine (C=N–C) groups is 1. The zero-order chi connectivity index (χ0) is 21.0. The van der Waals surface area contributed by atoms with Crippen molar-refractivity contribution in [1.29, 1.82) is 0 Å². The molecule has 1 N–H and O–H groups in total. The summed E-state index contributed by atoms with van der Waals surface area (Å²) in [7, 11) is 1.59. The Morgan fingerprint density at radius 2 is 1.83 bits per heavy atom. The van der Waals surface area contributed by atoms with Gasteiger partial charge in [0.05, 0.1) is 29.0 Å². The molecule has 0 aliphatic rings. The summed E-state index contributed by atoms with van der Waals surface area (Å²) >= 11 is 0. The lowest BCUT2D eigenvalue weighted by atomic mass is 10.0. The van der Waals surface area contributed by atoms with Crippen molar-refractivity contribution in [2.75, 3.05) is 13.7 Å². The van der Waals surface area contributed by atoms with Gasteiger partial charge in [-0.05, 0) is 49.7 Å². The number of non-ortho nitro benzene ring substituents is 1. The number of hydrogen-bond donors (Lipinski definition) is 1. The Kier molecular flexibility index (Phi) is 5.92. The zero-order valence-corrected chi connectivity index (χ0v) is 16.5. The molecule has 2 aromatic carbocycles. The minimum atomic E-state index is -0.475. The van der Waals surface area contributed by atoms with Crippen molar-refractivity contribution in [3.8, 4) is 22.7 Å². The molecule has 8 heteroatoms. The van der Waals surface area contributed by atoms with Crippen LogP contribution in [-0.4, -0.2) is 34.1 Å². The maximum atomic E-state index is 13.2. The van der Waals surface area contributed by atoms with Gasteiger partial charge in [0.2, 0.25) is 0 Å². The van der Waals surface area contributed by atoms with Crippen LogP contribution in [0.4, 0.5) is 5.69 Å². The second-order valence-electron chi connectivity index (χ2n) is 6.47. The number of aromatic amines is 1. The number of nitro benzene ring substituents is 1. The number of benzene rings is 2. The highest BCUT2D eigenvalue weighted by atomic mass is 16.6. The fourth-order valence-electron chi connectivity index (χ4n) is 3.00. The molecule has 0 aliphatic heterocycles. The summed E-state index contributed by atoms with van der Waals surface area (Å²) in [6.45, 7) is 4.46. The van der Waals surface area contributed by atoms with Crippen LogP contribution in [0.25, 0.3) is 16.9 Å². The minimum absolute atomic E-state index is 0.0374. The first-order valence-corrected chi connectivity index (χ1v) is 9.22. The van der Waals surface area contributed by atoms with Crippen LogP contribution < -0.4 is 10.3 Å². The van der Waals surface area contributed by atoms with Crippen LogP contribution >= 0.6 is 0 Å². The number of nitrogens with zero attached hydrogens (tertiary/aromatic N) is 3. The topological polar surface area (TPSA) is 103 Å². The van der Waals surface area contributed by atoms with Crippen molar-refractivity contribution < 1.29 is 9.66 Å². The summed E-state index contributed by atoms with van der Waals surface area (Å²) in [6, 6.07) is 13.2. The Morgan fingerprint density at radius 3 is 2.38 bits per heavy atom. The average Bonchev–Trinajstić information content (AvgIpc) is 3.09. The van der Waals surface area contributed by atoms with Gasteiger partial charge in [-0.25, -0.2) is 4.68 Å². The number of H-pyrrole nitrogens is 1. The molecule has 1 heterocycles. The highest BCUT2D eigenvalue weighted by molar-refractivity contribution is 6.03. The normalized spacial score (nSPS) is 11.5. The van der Waals surface area contributed by atoms with Crippen molar-refractivity contribution in [2.24, 2.45) is 4.99 Å². The molecule has 0 unspecified atom stereocenters. The lowest BCUT2D eigenvalue weighted by molar-refractivity contribution is -0.384. The average molecular weight is 394 g/mol. The van der Waals surface area contributed by atoms with E-state index in [1.807, 2.05) is 38.1 Å². The highest BCUT2D eigenvalue weighted by Gasteiger charge is 2.19. The molecule has 0 amide bonds. The van der Waals surface area contributed by atoms with Crippen molar-refractivity contribution in [3.63, 3.8) is 0 Å². The Hall–Kier alpha value is -3.68. The van der Waals surface area contributed by atoms with E-state index in [1.54, 1.807) is 7.11 Å². The van der Waals surface area contributed by atoms with E-state index in [9.17, 15) is 14.9 Å². The van der Waals surface area contributed by atoms with Crippen LogP contribution in [0.2, 0.25) is 0 Å². The molecule has 0 bridgehead atoms. The second-order valence-corrected chi connectivity index (χ2v) is 6.47. The van der Waals surface area contributed by atoms with E-state index in [1.165, 1.54) is 28.9 Å². The number of aromatic nitrogens is 2. The third-order valence-electron chi connectivity index (χ3n) is 4.52. The lowest BCUT2D eigenvalue weighted by Crippen LogP contribution is -2.19. The van der Waals surface area contributed by atoms with Crippen LogP contribution in [0.15, 0.2) is 58.3 Å². The van der Waals surface area contributed by atoms with Gasteiger partial charge in [0.15, 0.2) is 0 Å². The van der Waals surface area contributed by atoms with E-state index in [4.69, 9.17) is 4.74 Å². The highest BCUT2D eigenvalue weighted by Crippen LogP contribution is 2.24. The number of methoxy groups -OCH3 is 1. The zero-order valence-electron chi connectivity index (χ0n) is 16.5. The van der Waals surface area contributed by atoms with Gasteiger partial charge in [0.1, 0.15) is 5.75 Å². The molecule has 0 aliphatic carbocycles. The Bertz CT molecular complexity index is 1090. The van der Waals surface area contributed by atoms with Gasteiger partial charge < -0.3 is 4.74 Å². The maximum Gasteiger partial charge on any atom is 0.280 e. The lowest BCUT2D eigenvalue weighted by Gasteiger charge is -2.05. The predicted molar refractivity (Wildman–Crippen MR) is 112 cm³/mol. The van der Waals surface area contributed by atoms with Crippen molar-refractivity contribution in [2.45, 2.75) is 20.3 Å². The summed E-state index contributed by atoms with van der Waals surface area (Å²) in [4.78, 5) is 28.1. The smallest absolute Gasteiger partial charge is 0.280 e. The number of rotatable bonds is 7. The van der Waals surface area contributed by atoms with Crippen LogP contribution in [0.1, 0.15) is 25.8 Å². The number of hydrogen-bond acceptors (Lipinski definition) is 5. The van der Waals surface area contributed by atoms with Crippen LogP contribution in [0.3, 0.4) is 0 Å². The largest absolute Gasteiger partial charge is 0.497 e. The summed E-state index contributed by atoms with van der Waals surface area (Å²) in [5.41, 5.74) is 2.76. The van der Waals surface area contributed by atoms with E-state index in [0.29, 0.717) is 35.0 Å². The Labute approximate surface area is 167 Å². The molecule has 3 rings (SSSR count). The van der Waals surface area contributed by atoms with Crippen molar-refractivity contribution >= 4 is 11.4 Å². The number of ether oxygens (including phenoxy) is 1. The molecule has 1 aromatic heterocycles. The molecule has 150 valence electrons. The minimum Gasteiger partial charge on any atom is -0.497 e. The molecule has 3 aromatic rings. The van der Waals surface area contributed by atoms with Gasteiger partial charge >= 0.3 is 0 Å². The van der Waals surface area contributed by atoms with Crippen LogP contribution in [0, 0.1) is 10.1 Å². The molecule has 0 atom stereocenters. The molecule has 0 radical (unpaired) electrons. The van der Waals surface area contributed by atoms with E-state index in [0.717, 1.165) is 12.0 Å². The van der Waals surface area contributed by atoms with E-state index in [2.05, 4.69) is 10.1 Å². The standard InChI is InChI=1S/C21H22N4O4/c1-4-13-22-14(2)19-20(15-5-11-18(29-3)12-6-15)23-24(21(19)26)16-7-9-17(10-8-16)25(27)28/h5-12,23H,4,13H2,1-3H3. The first-order valence-electron chi connectivity index (χ1n) is 9.22. The van der Waals surface area contributed by atoms with E-state index in [-0.39, 0.29) is 11.2 Å². The molecular formula is C21H22N4O4. The fraction of sp³-hybridized carbons (Fsp3) is 0.238. The molecule has 29 heavy (non-hydrogen) atoms. The Balaban J connectivity index is 2.17. The fourth-order valence-corrected chi connectivity index (χ4v) is 3.00. The first kappa shape index (κ1) is 20.1. The summed E-state index contributed by atoms with van der Waals surface area (Å²) in [5, 5.41) is 14.0. The first-order chi connectivity index (χ1) is 14.0. The molecule has 0 saturated heterocycles. The van der Waals surface area contributed by atoms with Crippen molar-refractivity contribution in [1.82, 2.24) is 9.78 Å². The molecule has 0 fully saturated rings. The van der Waals surface area contributed by atoms with E-state index >= 15 is 0 Å². The van der Waals surface area contributed by atoms with Crippen LogP contribution in [0.5, 0.6) is 5.75 Å². The van der Waals surface area contributed by atoms with Gasteiger partial charge in [-0.3, -0.25) is 25.0 Å². The monoisotopic (exact) mass is 394 g/mol. The van der Waals surface area contributed by atoms with E-state index < -0.39 is 4.92 Å². The van der Waals surface area contributed by atoms with Gasteiger partial charge in [0, 0.05) is 30.0 Å². The third-order valence-corrected chi connectivity index (χ3v) is 4.52. The summed E-state index contributed by atoms with van der Waals surface area (Å²) < 4.78 is 6.59. The third kappa shape index (κ3) is 4.11. The number of nitrogens with one attached hydrogen (secondary N) is 1. The number of nitro groups is 1. The molecule has 0 spiro atoms. The molecular weight excluding hydrogens is 372 g/mol.